The van der Waals surface area contributed by atoms with Gasteiger partial charge in [-0.15, -0.1) is 0 Å². The van der Waals surface area contributed by atoms with Gasteiger partial charge in [-0.25, -0.2) is 4.68 Å². The van der Waals surface area contributed by atoms with E-state index < -0.39 is 10.8 Å². The number of amides is 1. The molecule has 0 saturated heterocycles. The van der Waals surface area contributed by atoms with Gasteiger partial charge in [0, 0.05) is 36.9 Å². The summed E-state index contributed by atoms with van der Waals surface area (Å²) < 4.78 is 7.02. The average molecular weight is 288 g/mol. The fourth-order valence-electron chi connectivity index (χ4n) is 2.07. The maximum absolute atomic E-state index is 12.1. The summed E-state index contributed by atoms with van der Waals surface area (Å²) in [5.74, 6) is 0.131. The fourth-order valence-corrected chi connectivity index (χ4v) is 2.07. The number of ether oxygens (including phenoxy) is 1. The molecule has 0 saturated carbocycles. The first-order valence-electron chi connectivity index (χ1n) is 6.40. The number of hydrogen-bond donors (Lipinski definition) is 1. The van der Waals surface area contributed by atoms with Crippen molar-refractivity contribution >= 4 is 17.3 Å². The Labute approximate surface area is 119 Å². The van der Waals surface area contributed by atoms with Crippen LogP contribution < -0.4 is 10.1 Å². The largest absolute Gasteiger partial charge is 0.478 e. The molecular weight excluding hydrogens is 276 g/mol. The molecule has 8 heteroatoms. The molecule has 21 heavy (non-hydrogen) atoms. The number of fused-ring (bicyclic) bond motifs is 1. The van der Waals surface area contributed by atoms with Crippen LogP contribution in [0.15, 0.2) is 30.3 Å². The predicted molar refractivity (Wildman–Crippen MR) is 73.4 cm³/mol. The third-order valence-corrected chi connectivity index (χ3v) is 3.05. The molecule has 0 aliphatic carbocycles. The number of anilines is 1. The summed E-state index contributed by atoms with van der Waals surface area (Å²) in [6.45, 7) is 1.32. The van der Waals surface area contributed by atoms with Crippen LogP contribution in [-0.4, -0.2) is 27.2 Å². The van der Waals surface area contributed by atoms with Crippen molar-refractivity contribution in [2.75, 3.05) is 11.9 Å². The maximum Gasteiger partial charge on any atom is 0.276 e. The summed E-state index contributed by atoms with van der Waals surface area (Å²) in [4.78, 5) is 22.3. The van der Waals surface area contributed by atoms with E-state index in [9.17, 15) is 14.9 Å². The average Bonchev–Trinajstić information content (AvgIpc) is 2.91. The van der Waals surface area contributed by atoms with Crippen molar-refractivity contribution in [1.82, 2.24) is 9.78 Å². The molecule has 0 spiro atoms. The predicted octanol–water partition coefficient (Wildman–Crippen LogP) is 1.83. The van der Waals surface area contributed by atoms with Crippen LogP contribution in [0, 0.1) is 10.1 Å². The zero-order chi connectivity index (χ0) is 14.8. The van der Waals surface area contributed by atoms with E-state index in [0.29, 0.717) is 24.7 Å². The number of carbonyl (C=O) groups is 1. The van der Waals surface area contributed by atoms with Crippen molar-refractivity contribution in [2.45, 2.75) is 13.0 Å². The summed E-state index contributed by atoms with van der Waals surface area (Å²) in [5.41, 5.74) is 0.486. The number of aromatic nitrogens is 2. The van der Waals surface area contributed by atoms with Crippen LogP contribution in [0.1, 0.15) is 16.9 Å². The third-order valence-electron chi connectivity index (χ3n) is 3.05. The van der Waals surface area contributed by atoms with Gasteiger partial charge >= 0.3 is 0 Å². The number of carbonyl (C=O) groups excluding carboxylic acids is 1. The number of rotatable bonds is 3. The molecule has 0 atom stereocenters. The fraction of sp³-hybridized carbons (Fsp3) is 0.231. The zero-order valence-electron chi connectivity index (χ0n) is 11.0. The Morgan fingerprint density at radius 1 is 1.43 bits per heavy atom. The topological polar surface area (TPSA) is 99.3 Å². The molecule has 8 nitrogen and oxygen atoms in total. The van der Waals surface area contributed by atoms with E-state index in [-0.39, 0.29) is 11.4 Å². The van der Waals surface area contributed by atoms with Crippen LogP contribution in [0.25, 0.3) is 0 Å². The van der Waals surface area contributed by atoms with Gasteiger partial charge in [-0.05, 0) is 6.07 Å². The lowest BCUT2D eigenvalue weighted by Crippen LogP contribution is -2.16. The van der Waals surface area contributed by atoms with Crippen LogP contribution in [0.3, 0.4) is 0 Å². The molecule has 0 unspecified atom stereocenters. The zero-order valence-corrected chi connectivity index (χ0v) is 11.0. The Bertz CT molecular complexity index is 686. The van der Waals surface area contributed by atoms with Crippen molar-refractivity contribution in [1.29, 1.82) is 0 Å². The second kappa shape index (κ2) is 5.23. The van der Waals surface area contributed by atoms with Gasteiger partial charge in [0.15, 0.2) is 5.69 Å². The minimum atomic E-state index is -0.515. The number of hydrogen-bond acceptors (Lipinski definition) is 5. The van der Waals surface area contributed by atoms with E-state index in [1.807, 2.05) is 0 Å². The second-order valence-corrected chi connectivity index (χ2v) is 4.55. The van der Waals surface area contributed by atoms with Crippen LogP contribution in [0.2, 0.25) is 0 Å². The van der Waals surface area contributed by atoms with Crippen molar-refractivity contribution in [3.05, 3.63) is 46.1 Å². The Morgan fingerprint density at radius 3 is 3.05 bits per heavy atom. The first-order chi connectivity index (χ1) is 10.1. The maximum atomic E-state index is 12.1. The summed E-state index contributed by atoms with van der Waals surface area (Å²) in [6, 6.07) is 7.31. The smallest absolute Gasteiger partial charge is 0.276 e. The van der Waals surface area contributed by atoms with E-state index in [1.54, 1.807) is 16.8 Å². The highest BCUT2D eigenvalue weighted by Crippen LogP contribution is 2.21. The quantitative estimate of drug-likeness (QED) is 0.686. The highest BCUT2D eigenvalue weighted by molar-refractivity contribution is 6.03. The van der Waals surface area contributed by atoms with Gasteiger partial charge in [0.25, 0.3) is 11.6 Å². The molecule has 0 radical (unpaired) electrons. The van der Waals surface area contributed by atoms with E-state index in [4.69, 9.17) is 4.74 Å². The molecule has 1 amide bonds. The molecule has 1 N–H and O–H groups in total. The van der Waals surface area contributed by atoms with Crippen molar-refractivity contribution in [3.8, 4) is 5.88 Å². The molecule has 108 valence electrons. The van der Waals surface area contributed by atoms with Gasteiger partial charge in [-0.2, -0.15) is 5.10 Å². The molecule has 0 fully saturated rings. The molecule has 2 aromatic rings. The minimum Gasteiger partial charge on any atom is -0.478 e. The number of nitro benzene ring substituents is 1. The lowest BCUT2D eigenvalue weighted by molar-refractivity contribution is -0.384. The first-order valence-corrected chi connectivity index (χ1v) is 6.40. The summed E-state index contributed by atoms with van der Waals surface area (Å²) >= 11 is 0. The number of non-ortho nitro benzene ring substituents is 1. The molecule has 1 aromatic heterocycles. The normalized spacial score (nSPS) is 13.1. The number of nitro groups is 1. The third kappa shape index (κ3) is 2.69. The van der Waals surface area contributed by atoms with E-state index in [0.717, 1.165) is 6.42 Å². The SMILES string of the molecule is O=C(Nc1cccc([N+](=O)[O-])c1)c1cc2n(n1)CCCO2. The van der Waals surface area contributed by atoms with E-state index >= 15 is 0 Å². The van der Waals surface area contributed by atoms with Gasteiger partial charge in [0.2, 0.25) is 5.88 Å². The van der Waals surface area contributed by atoms with Crippen molar-refractivity contribution < 1.29 is 14.5 Å². The van der Waals surface area contributed by atoms with Gasteiger partial charge < -0.3 is 10.1 Å². The number of nitrogens with zero attached hydrogens (tertiary/aromatic N) is 3. The van der Waals surface area contributed by atoms with E-state index in [1.165, 1.54) is 18.2 Å². The highest BCUT2D eigenvalue weighted by Gasteiger charge is 2.18. The Morgan fingerprint density at radius 2 is 2.29 bits per heavy atom. The standard InChI is InChI=1S/C13H12N4O4/c18-13(11-8-12-16(15-11)5-2-6-21-12)14-9-3-1-4-10(7-9)17(19)20/h1,3-4,7-8H,2,5-6H2,(H,14,18). The van der Waals surface area contributed by atoms with Crippen LogP contribution in [-0.2, 0) is 6.54 Å². The van der Waals surface area contributed by atoms with Crippen LogP contribution >= 0.6 is 0 Å². The molecule has 1 aliphatic heterocycles. The monoisotopic (exact) mass is 288 g/mol. The molecular formula is C13H12N4O4. The summed E-state index contributed by atoms with van der Waals surface area (Å²) in [7, 11) is 0. The van der Waals surface area contributed by atoms with E-state index in [2.05, 4.69) is 10.4 Å². The van der Waals surface area contributed by atoms with Crippen molar-refractivity contribution in [3.63, 3.8) is 0 Å². The molecule has 2 heterocycles. The van der Waals surface area contributed by atoms with Gasteiger partial charge in [0.1, 0.15) is 0 Å². The number of benzene rings is 1. The summed E-state index contributed by atoms with van der Waals surface area (Å²) in [6.07, 6.45) is 0.848. The Kier molecular flexibility index (Phi) is 3.27. The molecule has 3 rings (SSSR count). The van der Waals surface area contributed by atoms with Crippen LogP contribution in [0.5, 0.6) is 5.88 Å². The number of nitrogens with one attached hydrogen (secondary N) is 1. The van der Waals surface area contributed by atoms with Gasteiger partial charge in [-0.1, -0.05) is 6.07 Å². The molecule has 0 bridgehead atoms. The minimum absolute atomic E-state index is 0.0831. The first kappa shape index (κ1) is 13.1. The lowest BCUT2D eigenvalue weighted by Gasteiger charge is -2.13. The van der Waals surface area contributed by atoms with Gasteiger partial charge in [-0.3, -0.25) is 14.9 Å². The lowest BCUT2D eigenvalue weighted by atomic mass is 10.2. The second-order valence-electron chi connectivity index (χ2n) is 4.55. The van der Waals surface area contributed by atoms with Crippen molar-refractivity contribution in [2.24, 2.45) is 0 Å². The van der Waals surface area contributed by atoms with Gasteiger partial charge in [0.05, 0.1) is 11.5 Å². The summed E-state index contributed by atoms with van der Waals surface area (Å²) in [5, 5.41) is 17.4. The molecule has 1 aromatic carbocycles. The molecule has 1 aliphatic rings. The highest BCUT2D eigenvalue weighted by atomic mass is 16.6. The van der Waals surface area contributed by atoms with Crippen LogP contribution in [0.4, 0.5) is 11.4 Å². The number of aryl methyl sites for hydroxylation is 1. The Hall–Kier alpha value is -2.90. The Balaban J connectivity index is 1.78.